The van der Waals surface area contributed by atoms with Gasteiger partial charge in [0.15, 0.2) is 5.79 Å². The van der Waals surface area contributed by atoms with Crippen molar-refractivity contribution in [2.24, 2.45) is 0 Å². The third kappa shape index (κ3) is 11.0. The first kappa shape index (κ1) is 24.9. The van der Waals surface area contributed by atoms with Gasteiger partial charge in [-0.25, -0.2) is 4.79 Å². The first-order valence-corrected chi connectivity index (χ1v) is 10.9. The summed E-state index contributed by atoms with van der Waals surface area (Å²) in [5.41, 5.74) is 0. The Kier molecular flexibility index (Phi) is 12.4. The Bertz CT molecular complexity index is 483. The van der Waals surface area contributed by atoms with Crippen molar-refractivity contribution in [3.05, 3.63) is 24.3 Å². The standard InChI is InChI=1S/C23H40O5/c1-5-7-11-14-19(24)15-12-9-8-10-13-16-20-21(28-23(3,4)27-20)17-18-22(25)26-6-2/h13,16-21,24H,5-12,14-15H2,1-4H3/b16-13+,18-17+/t19-,20+,21-/m1/s1. The number of carbonyl (C=O) groups excluding carboxylic acids is 1. The molecule has 3 atom stereocenters. The molecule has 0 radical (unpaired) electrons. The molecule has 5 heteroatoms. The molecule has 0 aromatic heterocycles. The van der Waals surface area contributed by atoms with Gasteiger partial charge in [-0.15, -0.1) is 0 Å². The van der Waals surface area contributed by atoms with E-state index in [0.29, 0.717) is 6.61 Å². The maximum Gasteiger partial charge on any atom is 0.330 e. The molecule has 1 saturated heterocycles. The lowest BCUT2D eigenvalue weighted by molar-refractivity contribution is -0.140. The molecule has 0 amide bonds. The minimum atomic E-state index is -0.674. The van der Waals surface area contributed by atoms with Crippen LogP contribution in [0.15, 0.2) is 24.3 Å². The molecule has 0 saturated carbocycles. The maximum atomic E-state index is 11.5. The first-order chi connectivity index (χ1) is 13.4. The molecule has 5 nitrogen and oxygen atoms in total. The van der Waals surface area contributed by atoms with Crippen molar-refractivity contribution >= 4 is 5.97 Å². The number of allylic oxidation sites excluding steroid dienone is 1. The Balaban J connectivity index is 2.28. The lowest BCUT2D eigenvalue weighted by Gasteiger charge is -2.15. The second kappa shape index (κ2) is 13.9. The van der Waals surface area contributed by atoms with E-state index in [-0.39, 0.29) is 24.3 Å². The third-order valence-corrected chi connectivity index (χ3v) is 4.75. The molecule has 1 heterocycles. The second-order valence-electron chi connectivity index (χ2n) is 7.89. The molecule has 28 heavy (non-hydrogen) atoms. The normalized spacial score (nSPS) is 22.9. The van der Waals surface area contributed by atoms with Gasteiger partial charge in [0.2, 0.25) is 0 Å². The van der Waals surface area contributed by atoms with Crippen LogP contribution >= 0.6 is 0 Å². The molecule has 0 aliphatic carbocycles. The highest BCUT2D eigenvalue weighted by molar-refractivity contribution is 5.82. The summed E-state index contributed by atoms with van der Waals surface area (Å²) in [5, 5.41) is 9.94. The summed E-state index contributed by atoms with van der Waals surface area (Å²) in [7, 11) is 0. The summed E-state index contributed by atoms with van der Waals surface area (Å²) in [5.74, 6) is -1.04. The number of carbonyl (C=O) groups is 1. The van der Waals surface area contributed by atoms with Crippen LogP contribution in [-0.2, 0) is 19.0 Å². The summed E-state index contributed by atoms with van der Waals surface area (Å²) >= 11 is 0. The van der Waals surface area contributed by atoms with E-state index in [1.165, 1.54) is 18.9 Å². The van der Waals surface area contributed by atoms with Crippen molar-refractivity contribution in [1.29, 1.82) is 0 Å². The number of rotatable bonds is 14. The van der Waals surface area contributed by atoms with Crippen molar-refractivity contribution in [3.8, 4) is 0 Å². The molecule has 1 fully saturated rings. The fourth-order valence-electron chi connectivity index (χ4n) is 3.30. The monoisotopic (exact) mass is 396 g/mol. The molecule has 1 aliphatic rings. The number of aliphatic hydroxyl groups is 1. The Hall–Kier alpha value is -1.17. The fourth-order valence-corrected chi connectivity index (χ4v) is 3.30. The molecule has 0 spiro atoms. The zero-order valence-electron chi connectivity index (χ0n) is 18.2. The molecular weight excluding hydrogens is 356 g/mol. The average molecular weight is 397 g/mol. The lowest BCUT2D eigenvalue weighted by atomic mass is 10.0. The minimum absolute atomic E-state index is 0.139. The molecule has 1 N–H and O–H groups in total. The topological polar surface area (TPSA) is 65.0 Å². The second-order valence-corrected chi connectivity index (χ2v) is 7.89. The Labute approximate surface area is 171 Å². The van der Waals surface area contributed by atoms with Gasteiger partial charge in [-0.2, -0.15) is 0 Å². The highest BCUT2D eigenvalue weighted by Gasteiger charge is 2.38. The highest BCUT2D eigenvalue weighted by Crippen LogP contribution is 2.29. The van der Waals surface area contributed by atoms with Crippen molar-refractivity contribution in [3.63, 3.8) is 0 Å². The van der Waals surface area contributed by atoms with E-state index in [0.717, 1.165) is 44.9 Å². The van der Waals surface area contributed by atoms with Crippen LogP contribution in [0.3, 0.4) is 0 Å². The van der Waals surface area contributed by atoms with Gasteiger partial charge in [0.1, 0.15) is 12.2 Å². The largest absolute Gasteiger partial charge is 0.463 e. The van der Waals surface area contributed by atoms with Gasteiger partial charge in [-0.05, 0) is 52.5 Å². The smallest absolute Gasteiger partial charge is 0.330 e. The number of hydrogen-bond acceptors (Lipinski definition) is 5. The SMILES string of the molecule is CCCCC[C@@H](O)CCCCC/C=C/[C@@H]1OC(C)(C)O[C@@H]1/C=C/C(=O)OCC. The van der Waals surface area contributed by atoms with Gasteiger partial charge in [-0.3, -0.25) is 0 Å². The number of unbranched alkanes of at least 4 members (excludes halogenated alkanes) is 5. The lowest BCUT2D eigenvalue weighted by Crippen LogP contribution is -2.20. The third-order valence-electron chi connectivity index (χ3n) is 4.75. The summed E-state index contributed by atoms with van der Waals surface area (Å²) in [6.07, 6.45) is 16.3. The van der Waals surface area contributed by atoms with E-state index in [1.807, 2.05) is 19.9 Å². The summed E-state index contributed by atoms with van der Waals surface area (Å²) in [6.45, 7) is 8.07. The van der Waals surface area contributed by atoms with E-state index < -0.39 is 5.79 Å². The molecule has 0 bridgehead atoms. The summed E-state index contributed by atoms with van der Waals surface area (Å²) < 4.78 is 16.7. The van der Waals surface area contributed by atoms with Crippen LogP contribution in [0.5, 0.6) is 0 Å². The first-order valence-electron chi connectivity index (χ1n) is 10.9. The number of ether oxygens (including phenoxy) is 3. The molecule has 162 valence electrons. The van der Waals surface area contributed by atoms with Crippen LogP contribution in [-0.4, -0.2) is 41.8 Å². The number of hydrogen-bond donors (Lipinski definition) is 1. The van der Waals surface area contributed by atoms with Gasteiger partial charge >= 0.3 is 5.97 Å². The Morgan fingerprint density at radius 3 is 2.32 bits per heavy atom. The van der Waals surface area contributed by atoms with Gasteiger partial charge in [0, 0.05) is 6.08 Å². The highest BCUT2D eigenvalue weighted by atomic mass is 16.7. The summed E-state index contributed by atoms with van der Waals surface area (Å²) in [6, 6.07) is 0. The van der Waals surface area contributed by atoms with Crippen molar-refractivity contribution < 1.29 is 24.1 Å². The van der Waals surface area contributed by atoms with Gasteiger partial charge in [-0.1, -0.05) is 51.2 Å². The van der Waals surface area contributed by atoms with Crippen molar-refractivity contribution in [2.45, 2.75) is 110 Å². The average Bonchev–Trinajstić information content (AvgIpc) is 2.93. The van der Waals surface area contributed by atoms with Crippen LogP contribution in [0.25, 0.3) is 0 Å². The molecule has 1 rings (SSSR count). The van der Waals surface area contributed by atoms with E-state index in [4.69, 9.17) is 14.2 Å². The van der Waals surface area contributed by atoms with Crippen LogP contribution in [0.2, 0.25) is 0 Å². The van der Waals surface area contributed by atoms with Gasteiger partial charge in [0.25, 0.3) is 0 Å². The van der Waals surface area contributed by atoms with Gasteiger partial charge < -0.3 is 19.3 Å². The molecule has 0 unspecified atom stereocenters. The number of aliphatic hydroxyl groups excluding tert-OH is 1. The Morgan fingerprint density at radius 2 is 1.68 bits per heavy atom. The quantitative estimate of drug-likeness (QED) is 0.192. The van der Waals surface area contributed by atoms with Crippen LogP contribution in [0, 0.1) is 0 Å². The Morgan fingerprint density at radius 1 is 1.04 bits per heavy atom. The molecule has 0 aromatic carbocycles. The molecule has 1 aliphatic heterocycles. The van der Waals surface area contributed by atoms with Crippen LogP contribution in [0.4, 0.5) is 0 Å². The van der Waals surface area contributed by atoms with Crippen molar-refractivity contribution in [2.75, 3.05) is 6.61 Å². The van der Waals surface area contributed by atoms with E-state index in [2.05, 4.69) is 13.0 Å². The molecule has 0 aromatic rings. The van der Waals surface area contributed by atoms with E-state index in [9.17, 15) is 9.90 Å². The van der Waals surface area contributed by atoms with Gasteiger partial charge in [0.05, 0.1) is 12.7 Å². The van der Waals surface area contributed by atoms with Crippen LogP contribution in [0.1, 0.15) is 85.5 Å². The molecular formula is C23H40O5. The zero-order valence-corrected chi connectivity index (χ0v) is 18.2. The van der Waals surface area contributed by atoms with Crippen molar-refractivity contribution in [1.82, 2.24) is 0 Å². The predicted octanol–water partition coefficient (Wildman–Crippen LogP) is 5.07. The predicted molar refractivity (Wildman–Crippen MR) is 112 cm³/mol. The number of esters is 1. The fraction of sp³-hybridized carbons (Fsp3) is 0.783. The maximum absolute atomic E-state index is 11.5. The van der Waals surface area contributed by atoms with E-state index in [1.54, 1.807) is 13.0 Å². The minimum Gasteiger partial charge on any atom is -0.463 e. The van der Waals surface area contributed by atoms with Crippen LogP contribution < -0.4 is 0 Å². The summed E-state index contributed by atoms with van der Waals surface area (Å²) in [4.78, 5) is 11.5. The zero-order chi connectivity index (χ0) is 20.8. The van der Waals surface area contributed by atoms with E-state index >= 15 is 0 Å².